The van der Waals surface area contributed by atoms with Gasteiger partial charge in [0.2, 0.25) is 0 Å². The Balaban J connectivity index is 1.58. The summed E-state index contributed by atoms with van der Waals surface area (Å²) < 4.78 is 19.5. The molecule has 0 amide bonds. The number of esters is 1. The molecule has 0 fully saturated rings. The molecule has 1 unspecified atom stereocenters. The van der Waals surface area contributed by atoms with Gasteiger partial charge in [-0.3, -0.25) is 9.36 Å². The van der Waals surface area contributed by atoms with Gasteiger partial charge in [-0.1, -0.05) is 72.0 Å². The van der Waals surface area contributed by atoms with E-state index >= 15 is 0 Å². The fourth-order valence-corrected chi connectivity index (χ4v) is 6.11. The van der Waals surface area contributed by atoms with Gasteiger partial charge in [-0.15, -0.1) is 0 Å². The van der Waals surface area contributed by atoms with E-state index in [1.54, 1.807) is 24.7 Å². The maximum atomic E-state index is 13.8. The molecule has 5 rings (SSSR count). The smallest absolute Gasteiger partial charge is 0.338 e. The van der Waals surface area contributed by atoms with Crippen molar-refractivity contribution in [1.82, 2.24) is 4.57 Å². The maximum absolute atomic E-state index is 13.8. The van der Waals surface area contributed by atoms with E-state index in [9.17, 15) is 9.59 Å². The van der Waals surface area contributed by atoms with Gasteiger partial charge >= 0.3 is 5.97 Å². The predicted molar refractivity (Wildman–Crippen MR) is 154 cm³/mol. The lowest BCUT2D eigenvalue weighted by atomic mass is 9.96. The molecule has 0 radical (unpaired) electrons. The third-order valence-corrected chi connectivity index (χ3v) is 7.89. The average molecular weight is 606 g/mol. The Kier molecular flexibility index (Phi) is 7.81. The highest BCUT2D eigenvalue weighted by atomic mass is 79.9. The fourth-order valence-electron chi connectivity index (χ4n) is 4.49. The lowest BCUT2D eigenvalue weighted by molar-refractivity contribution is -0.136. The van der Waals surface area contributed by atoms with Crippen LogP contribution in [-0.2, 0) is 16.1 Å². The first-order valence-corrected chi connectivity index (χ1v) is 13.7. The summed E-state index contributed by atoms with van der Waals surface area (Å²) in [7, 11) is 2.90. The minimum atomic E-state index is -0.646. The van der Waals surface area contributed by atoms with Crippen molar-refractivity contribution in [3.63, 3.8) is 0 Å². The number of benzene rings is 3. The normalized spacial score (nSPS) is 15.0. The number of allylic oxidation sites excluding steroid dienone is 1. The van der Waals surface area contributed by atoms with Gasteiger partial charge in [0.1, 0.15) is 6.61 Å². The summed E-state index contributed by atoms with van der Waals surface area (Å²) in [6, 6.07) is 22.3. The molecule has 7 nitrogen and oxygen atoms in total. The summed E-state index contributed by atoms with van der Waals surface area (Å²) in [5, 5.41) is 0. The number of hydrogen-bond donors (Lipinski definition) is 0. The first kappa shape index (κ1) is 26.6. The Morgan fingerprint density at radius 1 is 1.08 bits per heavy atom. The summed E-state index contributed by atoms with van der Waals surface area (Å²) in [6.45, 7) is 2.14. The van der Waals surface area contributed by atoms with E-state index < -0.39 is 12.0 Å². The van der Waals surface area contributed by atoms with Crippen molar-refractivity contribution in [3.8, 4) is 11.5 Å². The Bertz CT molecular complexity index is 1740. The van der Waals surface area contributed by atoms with Crippen LogP contribution in [0, 0.1) is 0 Å². The highest BCUT2D eigenvalue weighted by Crippen LogP contribution is 2.37. The zero-order valence-corrected chi connectivity index (χ0v) is 23.9. The quantitative estimate of drug-likeness (QED) is 0.284. The maximum Gasteiger partial charge on any atom is 0.338 e. The molecule has 0 N–H and O–H groups in total. The predicted octanol–water partition coefficient (Wildman–Crippen LogP) is 4.76. The summed E-state index contributed by atoms with van der Waals surface area (Å²) >= 11 is 4.87. The SMILES string of the molecule is COC(=O)C1=C(C)N=c2sc(=Cc3cc(Br)c(OCc4ccccc4)c(OC)c3)c(=O)n2C1c1ccccc1. The average Bonchev–Trinajstić information content (AvgIpc) is 3.25. The van der Waals surface area contributed by atoms with Gasteiger partial charge in [0.15, 0.2) is 16.3 Å². The number of aromatic nitrogens is 1. The molecular weight excluding hydrogens is 580 g/mol. The van der Waals surface area contributed by atoms with Crippen LogP contribution in [0.5, 0.6) is 11.5 Å². The minimum Gasteiger partial charge on any atom is -0.493 e. The lowest BCUT2D eigenvalue weighted by Gasteiger charge is -2.24. The van der Waals surface area contributed by atoms with Gasteiger partial charge in [-0.2, -0.15) is 0 Å². The molecule has 1 aromatic heterocycles. The molecule has 0 bridgehead atoms. The second-order valence-corrected chi connectivity index (χ2v) is 10.7. The molecule has 4 aromatic rings. The van der Waals surface area contributed by atoms with Gasteiger partial charge < -0.3 is 14.2 Å². The van der Waals surface area contributed by atoms with Crippen molar-refractivity contribution in [1.29, 1.82) is 0 Å². The Morgan fingerprint density at radius 2 is 1.77 bits per heavy atom. The van der Waals surface area contributed by atoms with Crippen molar-refractivity contribution in [2.24, 2.45) is 4.99 Å². The summed E-state index contributed by atoms with van der Waals surface area (Å²) in [6.07, 6.45) is 1.79. The topological polar surface area (TPSA) is 79.1 Å². The molecule has 1 aliphatic rings. The number of ether oxygens (including phenoxy) is 3. The highest BCUT2D eigenvalue weighted by molar-refractivity contribution is 9.10. The van der Waals surface area contributed by atoms with E-state index in [1.807, 2.05) is 72.8 Å². The largest absolute Gasteiger partial charge is 0.493 e. The summed E-state index contributed by atoms with van der Waals surface area (Å²) in [5.41, 5.74) is 3.19. The van der Waals surface area contributed by atoms with Crippen LogP contribution < -0.4 is 24.4 Å². The molecular formula is C30H25BrN2O5S. The Hall–Kier alpha value is -3.95. The van der Waals surface area contributed by atoms with Crippen LogP contribution in [-0.4, -0.2) is 24.8 Å². The number of thiazole rings is 1. The number of carbonyl (C=O) groups excluding carboxylic acids is 1. The molecule has 2 heterocycles. The zero-order valence-electron chi connectivity index (χ0n) is 21.5. The van der Waals surface area contributed by atoms with Gasteiger partial charge in [0, 0.05) is 0 Å². The minimum absolute atomic E-state index is 0.249. The highest BCUT2D eigenvalue weighted by Gasteiger charge is 2.32. The van der Waals surface area contributed by atoms with Crippen LogP contribution >= 0.6 is 27.3 Å². The van der Waals surface area contributed by atoms with Crippen molar-refractivity contribution in [2.75, 3.05) is 14.2 Å². The van der Waals surface area contributed by atoms with Gasteiger partial charge in [-0.25, -0.2) is 9.79 Å². The lowest BCUT2D eigenvalue weighted by Crippen LogP contribution is -2.39. The van der Waals surface area contributed by atoms with Crippen LogP contribution in [0.15, 0.2) is 98.3 Å². The number of hydrogen-bond acceptors (Lipinski definition) is 7. The third kappa shape index (κ3) is 5.32. The number of carbonyl (C=O) groups is 1. The van der Waals surface area contributed by atoms with Gasteiger partial charge in [0.05, 0.1) is 40.5 Å². The molecule has 0 saturated carbocycles. The van der Waals surface area contributed by atoms with Gasteiger partial charge in [-0.05, 0) is 57.8 Å². The zero-order chi connectivity index (χ0) is 27.5. The molecule has 0 saturated heterocycles. The van der Waals surface area contributed by atoms with Crippen LogP contribution in [0.3, 0.4) is 0 Å². The number of methoxy groups -OCH3 is 2. The van der Waals surface area contributed by atoms with E-state index in [2.05, 4.69) is 20.9 Å². The fraction of sp³-hybridized carbons (Fsp3) is 0.167. The molecule has 1 aliphatic heterocycles. The van der Waals surface area contributed by atoms with E-state index in [0.29, 0.717) is 43.2 Å². The van der Waals surface area contributed by atoms with Crippen molar-refractivity contribution < 1.29 is 19.0 Å². The van der Waals surface area contributed by atoms with E-state index in [4.69, 9.17) is 14.2 Å². The molecule has 9 heteroatoms. The Labute approximate surface area is 237 Å². The van der Waals surface area contributed by atoms with E-state index in [1.165, 1.54) is 18.4 Å². The van der Waals surface area contributed by atoms with Crippen molar-refractivity contribution >= 4 is 39.3 Å². The number of fused-ring (bicyclic) bond motifs is 1. The summed E-state index contributed by atoms with van der Waals surface area (Å²) in [4.78, 5) is 31.7. The third-order valence-electron chi connectivity index (χ3n) is 6.32. The number of halogens is 1. The standard InChI is InChI=1S/C30H25BrN2O5S/c1-18-25(29(35)37-3)26(21-12-8-5-9-13-21)33-28(34)24(39-30(33)32-18)16-20-14-22(31)27(23(15-20)36-2)38-17-19-10-6-4-7-11-19/h4-16,26H,17H2,1-3H3. The Morgan fingerprint density at radius 3 is 2.44 bits per heavy atom. The molecule has 198 valence electrons. The van der Waals surface area contributed by atoms with Crippen molar-refractivity contribution in [3.05, 3.63) is 125 Å². The molecule has 39 heavy (non-hydrogen) atoms. The van der Waals surface area contributed by atoms with Crippen LogP contribution in [0.1, 0.15) is 29.7 Å². The molecule has 0 aliphatic carbocycles. The summed E-state index contributed by atoms with van der Waals surface area (Å²) in [5.74, 6) is 0.590. The first-order chi connectivity index (χ1) is 18.9. The van der Waals surface area contributed by atoms with Crippen LogP contribution in [0.4, 0.5) is 0 Å². The molecule has 0 spiro atoms. The van der Waals surface area contributed by atoms with E-state index in [-0.39, 0.29) is 5.56 Å². The number of rotatable bonds is 7. The molecule has 1 atom stereocenters. The second kappa shape index (κ2) is 11.4. The van der Waals surface area contributed by atoms with Crippen molar-refractivity contribution in [2.45, 2.75) is 19.6 Å². The van der Waals surface area contributed by atoms with Gasteiger partial charge in [0.25, 0.3) is 5.56 Å². The monoisotopic (exact) mass is 604 g/mol. The second-order valence-electron chi connectivity index (χ2n) is 8.79. The number of nitrogens with zero attached hydrogens (tertiary/aromatic N) is 2. The van der Waals surface area contributed by atoms with Crippen LogP contribution in [0.25, 0.3) is 6.08 Å². The van der Waals surface area contributed by atoms with Crippen LogP contribution in [0.2, 0.25) is 0 Å². The first-order valence-electron chi connectivity index (χ1n) is 12.1. The molecule has 3 aromatic carbocycles. The van der Waals surface area contributed by atoms with E-state index in [0.717, 1.165) is 16.7 Å².